The van der Waals surface area contributed by atoms with E-state index >= 15 is 0 Å². The van der Waals surface area contributed by atoms with E-state index < -0.39 is 17.3 Å². The maximum Gasteiger partial charge on any atom is 0.364 e. The van der Waals surface area contributed by atoms with Crippen molar-refractivity contribution in [3.8, 4) is 11.5 Å². The van der Waals surface area contributed by atoms with Crippen LogP contribution in [0.2, 0.25) is 0 Å². The van der Waals surface area contributed by atoms with Crippen LogP contribution in [0, 0.1) is 0 Å². The van der Waals surface area contributed by atoms with Gasteiger partial charge in [-0.05, 0) is 42.7 Å². The van der Waals surface area contributed by atoms with Crippen molar-refractivity contribution in [1.29, 1.82) is 0 Å². The number of fused-ring (bicyclic) bond motifs is 1. The third-order valence-electron chi connectivity index (χ3n) is 4.11. The molecule has 0 fully saturated rings. The molecule has 134 valence electrons. The number of phenols is 1. The minimum Gasteiger partial charge on any atom is -0.508 e. The monoisotopic (exact) mass is 353 g/mol. The highest BCUT2D eigenvalue weighted by atomic mass is 16.4. The second-order valence-electron chi connectivity index (χ2n) is 6.05. The van der Waals surface area contributed by atoms with E-state index in [2.05, 4.69) is 12.2 Å². The highest BCUT2D eigenvalue weighted by Crippen LogP contribution is 2.31. The predicted octanol–water partition coefficient (Wildman–Crippen LogP) is 3.80. The number of aromatic hydroxyl groups is 2. The normalized spacial score (nSPS) is 10.8. The van der Waals surface area contributed by atoms with Crippen molar-refractivity contribution in [1.82, 2.24) is 0 Å². The van der Waals surface area contributed by atoms with Crippen LogP contribution in [-0.2, 0) is 6.42 Å². The number of carbonyl (C=O) groups is 1. The van der Waals surface area contributed by atoms with E-state index in [0.29, 0.717) is 5.56 Å². The fourth-order valence-electron chi connectivity index (χ4n) is 2.72. The number of benzene rings is 2. The molecule has 1 amide bonds. The molecule has 26 heavy (non-hydrogen) atoms. The van der Waals surface area contributed by atoms with Gasteiger partial charge in [-0.15, -0.1) is 0 Å². The molecule has 3 N–H and O–H groups in total. The Morgan fingerprint density at radius 2 is 1.96 bits per heavy atom. The molecule has 0 saturated carbocycles. The lowest BCUT2D eigenvalue weighted by Crippen LogP contribution is -2.18. The lowest BCUT2D eigenvalue weighted by molar-refractivity contribution is 0.102. The van der Waals surface area contributed by atoms with Crippen LogP contribution in [0.15, 0.2) is 51.7 Å². The number of amides is 1. The van der Waals surface area contributed by atoms with Gasteiger partial charge in [0.05, 0.1) is 5.39 Å². The van der Waals surface area contributed by atoms with E-state index in [1.807, 2.05) is 6.07 Å². The van der Waals surface area contributed by atoms with Crippen molar-refractivity contribution in [3.05, 3.63) is 64.0 Å². The van der Waals surface area contributed by atoms with Gasteiger partial charge in [0.1, 0.15) is 11.3 Å². The van der Waals surface area contributed by atoms with Crippen molar-refractivity contribution >= 4 is 22.6 Å². The van der Waals surface area contributed by atoms with Gasteiger partial charge < -0.3 is 19.9 Å². The van der Waals surface area contributed by atoms with Crippen LogP contribution < -0.4 is 10.9 Å². The highest BCUT2D eigenvalue weighted by molar-refractivity contribution is 6.06. The van der Waals surface area contributed by atoms with Gasteiger partial charge in [0.15, 0.2) is 11.4 Å². The first-order chi connectivity index (χ1) is 12.5. The lowest BCUT2D eigenvalue weighted by atomic mass is 10.1. The molecular weight excluding hydrogens is 334 g/mol. The minimum absolute atomic E-state index is 0.0343. The van der Waals surface area contributed by atoms with Crippen molar-refractivity contribution < 1.29 is 19.4 Å². The second kappa shape index (κ2) is 7.31. The van der Waals surface area contributed by atoms with Gasteiger partial charge >= 0.3 is 5.63 Å². The summed E-state index contributed by atoms with van der Waals surface area (Å²) in [6.07, 6.45) is 2.94. The smallest absolute Gasteiger partial charge is 0.364 e. The molecule has 6 heteroatoms. The summed E-state index contributed by atoms with van der Waals surface area (Å²) in [6.45, 7) is 2.10. The first kappa shape index (κ1) is 17.5. The molecule has 3 aromatic rings. The van der Waals surface area contributed by atoms with Gasteiger partial charge in [0.25, 0.3) is 5.91 Å². The molecule has 0 spiro atoms. The van der Waals surface area contributed by atoms with Crippen LogP contribution in [-0.4, -0.2) is 16.1 Å². The number of anilines is 1. The molecule has 0 radical (unpaired) electrons. The Bertz CT molecular complexity index is 1020. The predicted molar refractivity (Wildman–Crippen MR) is 98.8 cm³/mol. The summed E-state index contributed by atoms with van der Waals surface area (Å²) < 4.78 is 5.08. The summed E-state index contributed by atoms with van der Waals surface area (Å²) in [5.74, 6) is -1.00. The number of nitrogens with one attached hydrogen (secondary N) is 1. The SMILES string of the molecule is CCCCc1cccc(C(=O)Nc2c(O)c3ccc(O)cc3oc2=O)c1. The number of aryl methyl sites for hydroxylation is 1. The fourth-order valence-corrected chi connectivity index (χ4v) is 2.72. The summed E-state index contributed by atoms with van der Waals surface area (Å²) in [6, 6.07) is 11.1. The molecular formula is C20H19NO5. The third-order valence-corrected chi connectivity index (χ3v) is 4.11. The molecule has 3 rings (SSSR count). The quantitative estimate of drug-likeness (QED) is 0.606. The lowest BCUT2D eigenvalue weighted by Gasteiger charge is -2.09. The molecule has 0 aliphatic rings. The molecule has 0 aliphatic heterocycles. The molecule has 0 saturated heterocycles. The molecule has 0 bridgehead atoms. The van der Waals surface area contributed by atoms with Gasteiger partial charge in [0, 0.05) is 11.6 Å². The zero-order valence-electron chi connectivity index (χ0n) is 14.3. The number of rotatable bonds is 5. The fraction of sp³-hybridized carbons (Fsp3) is 0.200. The van der Waals surface area contributed by atoms with Crippen LogP contribution in [0.4, 0.5) is 5.69 Å². The summed E-state index contributed by atoms with van der Waals surface area (Å²) in [5.41, 5.74) is 0.239. The molecule has 0 atom stereocenters. The van der Waals surface area contributed by atoms with E-state index in [9.17, 15) is 19.8 Å². The topological polar surface area (TPSA) is 99.8 Å². The highest BCUT2D eigenvalue weighted by Gasteiger charge is 2.17. The summed E-state index contributed by atoms with van der Waals surface area (Å²) in [5, 5.41) is 22.4. The Morgan fingerprint density at radius 1 is 1.15 bits per heavy atom. The molecule has 1 aromatic heterocycles. The largest absolute Gasteiger partial charge is 0.508 e. The standard InChI is InChI=1S/C20H19NO5/c1-2-3-5-12-6-4-7-13(10-12)19(24)21-17-18(23)15-9-8-14(22)11-16(15)26-20(17)25/h4,6-11,22-23H,2-3,5H2,1H3,(H,21,24). The van der Waals surface area contributed by atoms with E-state index in [1.165, 1.54) is 18.2 Å². The Morgan fingerprint density at radius 3 is 2.73 bits per heavy atom. The van der Waals surface area contributed by atoms with Crippen LogP contribution in [0.3, 0.4) is 0 Å². The average Bonchev–Trinajstić information content (AvgIpc) is 2.63. The number of unbranched alkanes of at least 4 members (excludes halogenated alkanes) is 1. The van der Waals surface area contributed by atoms with E-state index in [1.54, 1.807) is 18.2 Å². The Hall–Kier alpha value is -3.28. The molecule has 0 unspecified atom stereocenters. The van der Waals surface area contributed by atoms with Crippen molar-refractivity contribution in [2.45, 2.75) is 26.2 Å². The van der Waals surface area contributed by atoms with Gasteiger partial charge in [-0.2, -0.15) is 0 Å². The van der Waals surface area contributed by atoms with Crippen LogP contribution in [0.5, 0.6) is 11.5 Å². The summed E-state index contributed by atoms with van der Waals surface area (Å²) >= 11 is 0. The van der Waals surface area contributed by atoms with Crippen molar-refractivity contribution in [2.75, 3.05) is 5.32 Å². The maximum absolute atomic E-state index is 12.5. The zero-order chi connectivity index (χ0) is 18.7. The van der Waals surface area contributed by atoms with Crippen LogP contribution in [0.1, 0.15) is 35.7 Å². The summed E-state index contributed by atoms with van der Waals surface area (Å²) in [7, 11) is 0. The number of hydrogen-bond acceptors (Lipinski definition) is 5. The third kappa shape index (κ3) is 3.54. The average molecular weight is 353 g/mol. The Balaban J connectivity index is 1.92. The number of hydrogen-bond donors (Lipinski definition) is 3. The molecule has 2 aromatic carbocycles. The summed E-state index contributed by atoms with van der Waals surface area (Å²) in [4.78, 5) is 24.6. The first-order valence-electron chi connectivity index (χ1n) is 8.38. The van der Waals surface area contributed by atoms with Gasteiger partial charge in [-0.1, -0.05) is 25.5 Å². The maximum atomic E-state index is 12.5. The Labute approximate surface area is 149 Å². The van der Waals surface area contributed by atoms with Crippen LogP contribution in [0.25, 0.3) is 11.0 Å². The van der Waals surface area contributed by atoms with Gasteiger partial charge in [-0.25, -0.2) is 4.79 Å². The molecule has 1 heterocycles. The van der Waals surface area contributed by atoms with Crippen molar-refractivity contribution in [3.63, 3.8) is 0 Å². The molecule has 6 nitrogen and oxygen atoms in total. The minimum atomic E-state index is -0.893. The van der Waals surface area contributed by atoms with E-state index in [0.717, 1.165) is 24.8 Å². The zero-order valence-corrected chi connectivity index (χ0v) is 14.3. The van der Waals surface area contributed by atoms with Gasteiger partial charge in [0.2, 0.25) is 0 Å². The van der Waals surface area contributed by atoms with E-state index in [-0.39, 0.29) is 22.4 Å². The number of phenolic OH excluding ortho intramolecular Hbond substituents is 1. The van der Waals surface area contributed by atoms with Crippen molar-refractivity contribution in [2.24, 2.45) is 0 Å². The number of carbonyl (C=O) groups excluding carboxylic acids is 1. The van der Waals surface area contributed by atoms with Gasteiger partial charge in [-0.3, -0.25) is 4.79 Å². The molecule has 0 aliphatic carbocycles. The second-order valence-corrected chi connectivity index (χ2v) is 6.05. The van der Waals surface area contributed by atoms with Crippen LogP contribution >= 0.6 is 0 Å². The Kier molecular flexibility index (Phi) is 4.93. The van der Waals surface area contributed by atoms with E-state index in [4.69, 9.17) is 4.42 Å². The first-order valence-corrected chi connectivity index (χ1v) is 8.38.